The van der Waals surface area contributed by atoms with E-state index in [1.54, 1.807) is 6.20 Å². The van der Waals surface area contributed by atoms with E-state index < -0.39 is 11.9 Å². The number of carbonyl (C=O) groups is 1. The van der Waals surface area contributed by atoms with Crippen molar-refractivity contribution in [3.63, 3.8) is 0 Å². The van der Waals surface area contributed by atoms with Crippen molar-refractivity contribution in [3.05, 3.63) is 15.5 Å². The third-order valence-electron chi connectivity index (χ3n) is 2.11. The van der Waals surface area contributed by atoms with Gasteiger partial charge in [0.2, 0.25) is 6.29 Å². The summed E-state index contributed by atoms with van der Waals surface area (Å²) in [7, 11) is 3.08. The summed E-state index contributed by atoms with van der Waals surface area (Å²) in [6, 6.07) is 0. The molecule has 0 saturated heterocycles. The van der Waals surface area contributed by atoms with Gasteiger partial charge >= 0.3 is 5.97 Å². The van der Waals surface area contributed by atoms with Gasteiger partial charge in [0.05, 0.1) is 3.57 Å². The van der Waals surface area contributed by atoms with Crippen LogP contribution in [0.3, 0.4) is 0 Å². The molecule has 0 unspecified atom stereocenters. The standard InChI is InChI=1S/C12H19IN2O4/c1-12(2,3)19-9(16)7-15-6-8(13)10(14-15)11(17-4)18-5/h6,11H,7H2,1-5H3. The first-order valence-electron chi connectivity index (χ1n) is 5.77. The van der Waals surface area contributed by atoms with Crippen LogP contribution in [0.25, 0.3) is 0 Å². The Kier molecular flexibility index (Phi) is 5.75. The van der Waals surface area contributed by atoms with E-state index in [2.05, 4.69) is 27.7 Å². The minimum absolute atomic E-state index is 0.0629. The topological polar surface area (TPSA) is 62.6 Å². The van der Waals surface area contributed by atoms with E-state index in [4.69, 9.17) is 14.2 Å². The van der Waals surface area contributed by atoms with Crippen molar-refractivity contribution in [2.75, 3.05) is 14.2 Å². The number of carbonyl (C=O) groups excluding carboxylic acids is 1. The number of nitrogens with zero attached hydrogens (tertiary/aromatic N) is 2. The predicted octanol–water partition coefficient (Wildman–Crippen LogP) is 2.12. The van der Waals surface area contributed by atoms with Gasteiger partial charge in [-0.25, -0.2) is 0 Å². The first-order valence-corrected chi connectivity index (χ1v) is 6.85. The van der Waals surface area contributed by atoms with Gasteiger partial charge in [-0.2, -0.15) is 5.10 Å². The number of hydrogen-bond acceptors (Lipinski definition) is 5. The zero-order valence-electron chi connectivity index (χ0n) is 11.8. The van der Waals surface area contributed by atoms with Gasteiger partial charge in [-0.3, -0.25) is 9.48 Å². The summed E-state index contributed by atoms with van der Waals surface area (Å²) >= 11 is 2.12. The lowest BCUT2D eigenvalue weighted by Crippen LogP contribution is -2.26. The number of hydrogen-bond donors (Lipinski definition) is 0. The normalized spacial score (nSPS) is 11.9. The molecule has 0 aliphatic carbocycles. The van der Waals surface area contributed by atoms with Gasteiger partial charge in [0.25, 0.3) is 0 Å². The van der Waals surface area contributed by atoms with E-state index in [0.717, 1.165) is 3.57 Å². The van der Waals surface area contributed by atoms with E-state index in [1.165, 1.54) is 18.9 Å². The maximum atomic E-state index is 11.7. The number of methoxy groups -OCH3 is 2. The molecule has 0 bridgehead atoms. The Morgan fingerprint density at radius 3 is 2.47 bits per heavy atom. The Labute approximate surface area is 126 Å². The number of aromatic nitrogens is 2. The lowest BCUT2D eigenvalue weighted by molar-refractivity contribution is -0.155. The molecule has 0 fully saturated rings. The largest absolute Gasteiger partial charge is 0.459 e. The minimum atomic E-state index is -0.535. The molecule has 0 aliphatic heterocycles. The molecule has 0 aromatic carbocycles. The monoisotopic (exact) mass is 382 g/mol. The SMILES string of the molecule is COC(OC)c1nn(CC(=O)OC(C)(C)C)cc1I. The van der Waals surface area contributed by atoms with Crippen LogP contribution in [0.15, 0.2) is 6.20 Å². The van der Waals surface area contributed by atoms with Crippen molar-refractivity contribution in [1.29, 1.82) is 0 Å². The number of rotatable bonds is 5. The summed E-state index contributed by atoms with van der Waals surface area (Å²) in [6.45, 7) is 5.55. The molecule has 0 radical (unpaired) electrons. The summed E-state index contributed by atoms with van der Waals surface area (Å²) in [6.07, 6.45) is 1.22. The van der Waals surface area contributed by atoms with E-state index in [-0.39, 0.29) is 12.5 Å². The second-order valence-electron chi connectivity index (χ2n) is 4.95. The summed E-state index contributed by atoms with van der Waals surface area (Å²) < 4.78 is 17.9. The lowest BCUT2D eigenvalue weighted by atomic mass is 10.2. The Bertz CT molecular complexity index is 435. The van der Waals surface area contributed by atoms with Crippen LogP contribution in [0, 0.1) is 3.57 Å². The zero-order valence-corrected chi connectivity index (χ0v) is 13.9. The highest BCUT2D eigenvalue weighted by Crippen LogP contribution is 2.21. The van der Waals surface area contributed by atoms with Gasteiger partial charge in [0, 0.05) is 20.4 Å². The molecule has 0 saturated carbocycles. The molecule has 1 heterocycles. The molecule has 1 aromatic rings. The highest BCUT2D eigenvalue weighted by molar-refractivity contribution is 14.1. The summed E-state index contributed by atoms with van der Waals surface area (Å²) in [5.41, 5.74) is 0.149. The smallest absolute Gasteiger partial charge is 0.328 e. The quantitative estimate of drug-likeness (QED) is 0.444. The molecule has 0 spiro atoms. The van der Waals surface area contributed by atoms with Crippen molar-refractivity contribution < 1.29 is 19.0 Å². The Morgan fingerprint density at radius 2 is 2.00 bits per heavy atom. The highest BCUT2D eigenvalue weighted by Gasteiger charge is 2.20. The fourth-order valence-corrected chi connectivity index (χ4v) is 2.16. The molecule has 0 atom stereocenters. The van der Waals surface area contributed by atoms with Gasteiger partial charge in [0.15, 0.2) is 0 Å². The summed E-state index contributed by atoms with van der Waals surface area (Å²) in [5.74, 6) is -0.329. The molecule has 7 heteroatoms. The van der Waals surface area contributed by atoms with Gasteiger partial charge in [-0.1, -0.05) is 0 Å². The van der Waals surface area contributed by atoms with Crippen molar-refractivity contribution in [2.45, 2.75) is 39.2 Å². The number of halogens is 1. The lowest BCUT2D eigenvalue weighted by Gasteiger charge is -2.19. The first-order chi connectivity index (χ1) is 8.76. The maximum absolute atomic E-state index is 11.7. The second-order valence-corrected chi connectivity index (χ2v) is 6.11. The third-order valence-corrected chi connectivity index (χ3v) is 2.94. The van der Waals surface area contributed by atoms with Crippen LogP contribution in [0.5, 0.6) is 0 Å². The average Bonchev–Trinajstić information content (AvgIpc) is 2.58. The third kappa shape index (κ3) is 5.07. The zero-order chi connectivity index (χ0) is 14.6. The van der Waals surface area contributed by atoms with Gasteiger partial charge < -0.3 is 14.2 Å². The van der Waals surface area contributed by atoms with Gasteiger partial charge in [-0.05, 0) is 43.4 Å². The summed E-state index contributed by atoms with van der Waals surface area (Å²) in [4.78, 5) is 11.7. The molecular formula is C12H19IN2O4. The van der Waals surface area contributed by atoms with E-state index in [9.17, 15) is 4.79 Å². The summed E-state index contributed by atoms with van der Waals surface area (Å²) in [5, 5.41) is 4.28. The molecule has 0 aliphatic rings. The fourth-order valence-electron chi connectivity index (χ4n) is 1.48. The van der Waals surface area contributed by atoms with Crippen molar-refractivity contribution in [3.8, 4) is 0 Å². The number of ether oxygens (including phenoxy) is 3. The second kappa shape index (κ2) is 6.67. The van der Waals surface area contributed by atoms with Crippen LogP contribution < -0.4 is 0 Å². The van der Waals surface area contributed by atoms with Crippen LogP contribution >= 0.6 is 22.6 Å². The highest BCUT2D eigenvalue weighted by atomic mass is 127. The van der Waals surface area contributed by atoms with E-state index >= 15 is 0 Å². The molecule has 0 N–H and O–H groups in total. The van der Waals surface area contributed by atoms with Crippen LogP contribution in [-0.4, -0.2) is 35.6 Å². The molecule has 19 heavy (non-hydrogen) atoms. The van der Waals surface area contributed by atoms with Crippen molar-refractivity contribution in [2.24, 2.45) is 0 Å². The van der Waals surface area contributed by atoms with Crippen molar-refractivity contribution in [1.82, 2.24) is 9.78 Å². The van der Waals surface area contributed by atoms with Gasteiger partial charge in [-0.15, -0.1) is 0 Å². The average molecular weight is 382 g/mol. The minimum Gasteiger partial charge on any atom is -0.459 e. The number of esters is 1. The molecular weight excluding hydrogens is 363 g/mol. The van der Waals surface area contributed by atoms with E-state index in [0.29, 0.717) is 5.69 Å². The Balaban J connectivity index is 2.76. The molecule has 108 valence electrons. The Morgan fingerprint density at radius 1 is 1.42 bits per heavy atom. The molecule has 1 aromatic heterocycles. The van der Waals surface area contributed by atoms with Gasteiger partial charge in [0.1, 0.15) is 17.8 Å². The van der Waals surface area contributed by atoms with Crippen LogP contribution in [-0.2, 0) is 25.5 Å². The predicted molar refractivity (Wildman–Crippen MR) is 77.5 cm³/mol. The first kappa shape index (κ1) is 16.4. The van der Waals surface area contributed by atoms with Crippen LogP contribution in [0.4, 0.5) is 0 Å². The molecule has 6 nitrogen and oxygen atoms in total. The fraction of sp³-hybridized carbons (Fsp3) is 0.667. The maximum Gasteiger partial charge on any atom is 0.328 e. The molecule has 1 rings (SSSR count). The van der Waals surface area contributed by atoms with Crippen LogP contribution in [0.2, 0.25) is 0 Å². The Hall–Kier alpha value is -0.670. The van der Waals surface area contributed by atoms with Crippen molar-refractivity contribution >= 4 is 28.6 Å². The van der Waals surface area contributed by atoms with E-state index in [1.807, 2.05) is 20.8 Å². The van der Waals surface area contributed by atoms with Crippen LogP contribution in [0.1, 0.15) is 32.8 Å². The molecule has 0 amide bonds.